The third-order valence-electron chi connectivity index (χ3n) is 5.51. The summed E-state index contributed by atoms with van der Waals surface area (Å²) < 4.78 is 5.96. The van der Waals surface area contributed by atoms with Crippen LogP contribution < -0.4 is 5.73 Å². The molecule has 26 heavy (non-hydrogen) atoms. The highest BCUT2D eigenvalue weighted by Gasteiger charge is 2.27. The van der Waals surface area contributed by atoms with Crippen LogP contribution in [0.15, 0.2) is 18.2 Å². The lowest BCUT2D eigenvalue weighted by molar-refractivity contribution is -0.0555. The molecule has 2 heterocycles. The Balaban J connectivity index is 1.51. The van der Waals surface area contributed by atoms with Gasteiger partial charge in [-0.25, -0.2) is 0 Å². The van der Waals surface area contributed by atoms with Crippen LogP contribution in [0, 0.1) is 6.92 Å². The van der Waals surface area contributed by atoms with Crippen molar-refractivity contribution in [3.05, 3.63) is 29.3 Å². The van der Waals surface area contributed by atoms with Crippen molar-refractivity contribution in [2.24, 2.45) is 0 Å². The van der Waals surface area contributed by atoms with E-state index in [0.29, 0.717) is 11.7 Å². The van der Waals surface area contributed by atoms with Crippen LogP contribution in [0.2, 0.25) is 0 Å². The van der Waals surface area contributed by atoms with Crippen LogP contribution in [-0.4, -0.2) is 85.2 Å². The molecule has 2 aliphatic heterocycles. The minimum absolute atomic E-state index is 0.0920. The molecule has 0 saturated carbocycles. The summed E-state index contributed by atoms with van der Waals surface area (Å²) in [6.07, 6.45) is 0.268. The van der Waals surface area contributed by atoms with Crippen molar-refractivity contribution in [2.75, 3.05) is 58.2 Å². The number of piperazine rings is 1. The number of amides is 1. The zero-order chi connectivity index (χ0) is 18.7. The highest BCUT2D eigenvalue weighted by molar-refractivity contribution is 5.96. The van der Waals surface area contributed by atoms with Gasteiger partial charge in [0.1, 0.15) is 0 Å². The second kappa shape index (κ2) is 8.37. The number of benzene rings is 1. The minimum Gasteiger partial charge on any atom is -0.399 e. The topological polar surface area (TPSA) is 62.0 Å². The SMILES string of the molecule is Cc1ccc(N)cc1C(=O)N1CCN(CC2CN(C(C)C)CCO2)CC1. The number of nitrogens with two attached hydrogens (primary N) is 1. The van der Waals surface area contributed by atoms with Crippen molar-refractivity contribution in [2.45, 2.75) is 32.9 Å². The third-order valence-corrected chi connectivity index (χ3v) is 5.51. The molecule has 1 aromatic carbocycles. The number of ether oxygens (including phenoxy) is 1. The zero-order valence-corrected chi connectivity index (χ0v) is 16.3. The van der Waals surface area contributed by atoms with E-state index < -0.39 is 0 Å². The van der Waals surface area contributed by atoms with Crippen molar-refractivity contribution < 1.29 is 9.53 Å². The van der Waals surface area contributed by atoms with E-state index in [1.165, 1.54) is 0 Å². The van der Waals surface area contributed by atoms with E-state index in [2.05, 4.69) is 23.6 Å². The third kappa shape index (κ3) is 4.55. The van der Waals surface area contributed by atoms with E-state index in [-0.39, 0.29) is 12.0 Å². The van der Waals surface area contributed by atoms with Crippen LogP contribution in [0.4, 0.5) is 5.69 Å². The number of carbonyl (C=O) groups excluding carboxylic acids is 1. The molecule has 1 unspecified atom stereocenters. The fraction of sp³-hybridized carbons (Fsp3) is 0.650. The van der Waals surface area contributed by atoms with Crippen molar-refractivity contribution in [1.29, 1.82) is 0 Å². The van der Waals surface area contributed by atoms with Crippen molar-refractivity contribution >= 4 is 11.6 Å². The van der Waals surface area contributed by atoms with Gasteiger partial charge in [0.25, 0.3) is 5.91 Å². The number of carbonyl (C=O) groups is 1. The number of hydrogen-bond acceptors (Lipinski definition) is 5. The average molecular weight is 361 g/mol. The first-order valence-electron chi connectivity index (χ1n) is 9.67. The highest BCUT2D eigenvalue weighted by atomic mass is 16.5. The first-order valence-corrected chi connectivity index (χ1v) is 9.67. The molecule has 0 aromatic heterocycles. The maximum Gasteiger partial charge on any atom is 0.254 e. The monoisotopic (exact) mass is 360 g/mol. The molecule has 2 N–H and O–H groups in total. The van der Waals surface area contributed by atoms with Gasteiger partial charge in [-0.05, 0) is 38.5 Å². The number of rotatable bonds is 4. The smallest absolute Gasteiger partial charge is 0.254 e. The Morgan fingerprint density at radius 2 is 1.96 bits per heavy atom. The summed E-state index contributed by atoms with van der Waals surface area (Å²) in [5.74, 6) is 0.0920. The molecule has 3 rings (SSSR count). The minimum atomic E-state index is 0.0920. The number of nitrogen functional groups attached to an aromatic ring is 1. The van der Waals surface area contributed by atoms with E-state index in [1.807, 2.05) is 24.0 Å². The summed E-state index contributed by atoms with van der Waals surface area (Å²) in [6.45, 7) is 13.5. The second-order valence-electron chi connectivity index (χ2n) is 7.75. The van der Waals surface area contributed by atoms with E-state index >= 15 is 0 Å². The van der Waals surface area contributed by atoms with Gasteiger partial charge >= 0.3 is 0 Å². The summed E-state index contributed by atoms with van der Waals surface area (Å²) in [4.78, 5) is 19.7. The number of aryl methyl sites for hydroxylation is 1. The largest absolute Gasteiger partial charge is 0.399 e. The van der Waals surface area contributed by atoms with E-state index in [1.54, 1.807) is 6.07 Å². The quantitative estimate of drug-likeness (QED) is 0.824. The molecule has 1 aromatic rings. The standard InChI is InChI=1S/C20H32N4O2/c1-15(2)24-10-11-26-18(14-24)13-22-6-8-23(9-7-22)20(25)19-12-17(21)5-4-16(19)3/h4-5,12,15,18H,6-11,13-14,21H2,1-3H3. The van der Waals surface area contributed by atoms with Crippen molar-refractivity contribution in [1.82, 2.24) is 14.7 Å². The first kappa shape index (κ1) is 19.1. The number of morpholine rings is 1. The Hall–Kier alpha value is -1.63. The molecule has 0 radical (unpaired) electrons. The van der Waals surface area contributed by atoms with Crippen LogP contribution in [0.25, 0.3) is 0 Å². The second-order valence-corrected chi connectivity index (χ2v) is 7.75. The summed E-state index contributed by atoms with van der Waals surface area (Å²) >= 11 is 0. The summed E-state index contributed by atoms with van der Waals surface area (Å²) in [7, 11) is 0. The molecule has 2 saturated heterocycles. The molecule has 0 spiro atoms. The number of nitrogens with zero attached hydrogens (tertiary/aromatic N) is 3. The summed E-state index contributed by atoms with van der Waals surface area (Å²) in [5, 5.41) is 0. The Bertz CT molecular complexity index is 626. The van der Waals surface area contributed by atoms with Gasteiger partial charge < -0.3 is 15.4 Å². The lowest BCUT2D eigenvalue weighted by Crippen LogP contribution is -2.54. The van der Waals surface area contributed by atoms with Gasteiger partial charge in [0.15, 0.2) is 0 Å². The van der Waals surface area contributed by atoms with Gasteiger partial charge in [-0.1, -0.05) is 6.07 Å². The normalized spacial score (nSPS) is 22.8. The fourth-order valence-electron chi connectivity index (χ4n) is 3.78. The van der Waals surface area contributed by atoms with Crippen molar-refractivity contribution in [3.63, 3.8) is 0 Å². The first-order chi connectivity index (χ1) is 12.4. The van der Waals surface area contributed by atoms with Gasteiger partial charge in [-0.15, -0.1) is 0 Å². The molecular weight excluding hydrogens is 328 g/mol. The predicted octanol–water partition coefficient (Wildman–Crippen LogP) is 1.44. The predicted molar refractivity (Wildman–Crippen MR) is 104 cm³/mol. The molecule has 2 aliphatic rings. The van der Waals surface area contributed by atoms with E-state index in [0.717, 1.165) is 63.5 Å². The fourth-order valence-corrected chi connectivity index (χ4v) is 3.78. The van der Waals surface area contributed by atoms with E-state index in [9.17, 15) is 4.79 Å². The molecule has 6 nitrogen and oxygen atoms in total. The van der Waals surface area contributed by atoms with Crippen LogP contribution >= 0.6 is 0 Å². The molecule has 6 heteroatoms. The average Bonchev–Trinajstić information content (AvgIpc) is 2.64. The van der Waals surface area contributed by atoms with Gasteiger partial charge in [0, 0.05) is 63.1 Å². The molecule has 0 bridgehead atoms. The summed E-state index contributed by atoms with van der Waals surface area (Å²) in [5.41, 5.74) is 8.20. The van der Waals surface area contributed by atoms with E-state index in [4.69, 9.17) is 10.5 Å². The molecule has 1 amide bonds. The maximum absolute atomic E-state index is 12.8. The maximum atomic E-state index is 12.8. The van der Waals surface area contributed by atoms with Gasteiger partial charge in [0.05, 0.1) is 12.7 Å². The lowest BCUT2D eigenvalue weighted by Gasteiger charge is -2.40. The molecule has 0 aliphatic carbocycles. The van der Waals surface area contributed by atoms with Crippen LogP contribution in [-0.2, 0) is 4.74 Å². The highest BCUT2D eigenvalue weighted by Crippen LogP contribution is 2.17. The Kier molecular flexibility index (Phi) is 6.16. The number of anilines is 1. The molecule has 2 fully saturated rings. The van der Waals surface area contributed by atoms with Gasteiger partial charge in [-0.2, -0.15) is 0 Å². The Morgan fingerprint density at radius 3 is 2.65 bits per heavy atom. The molecule has 144 valence electrons. The Morgan fingerprint density at radius 1 is 1.23 bits per heavy atom. The van der Waals surface area contributed by atoms with Gasteiger partial charge in [0.2, 0.25) is 0 Å². The van der Waals surface area contributed by atoms with Crippen LogP contribution in [0.5, 0.6) is 0 Å². The van der Waals surface area contributed by atoms with Crippen molar-refractivity contribution in [3.8, 4) is 0 Å². The zero-order valence-electron chi connectivity index (χ0n) is 16.3. The summed E-state index contributed by atoms with van der Waals surface area (Å²) in [6, 6.07) is 6.12. The number of hydrogen-bond donors (Lipinski definition) is 1. The van der Waals surface area contributed by atoms with Crippen LogP contribution in [0.3, 0.4) is 0 Å². The molecular formula is C20H32N4O2. The Labute approximate surface area is 156 Å². The lowest BCUT2D eigenvalue weighted by atomic mass is 10.1. The van der Waals surface area contributed by atoms with Crippen LogP contribution in [0.1, 0.15) is 29.8 Å². The molecule has 1 atom stereocenters. The van der Waals surface area contributed by atoms with Gasteiger partial charge in [-0.3, -0.25) is 14.6 Å².